The molecule has 1 atom stereocenters. The van der Waals surface area contributed by atoms with Crippen molar-refractivity contribution in [3.05, 3.63) is 30.1 Å². The summed E-state index contributed by atoms with van der Waals surface area (Å²) < 4.78 is 18.2. The van der Waals surface area contributed by atoms with Gasteiger partial charge >= 0.3 is 0 Å². The number of rotatable bonds is 4. The lowest BCUT2D eigenvalue weighted by atomic mass is 10.3. The maximum Gasteiger partial charge on any atom is 0.123 e. The lowest BCUT2D eigenvalue weighted by Gasteiger charge is -2.32. The molecular weight excluding hydrogens is 221 g/mol. The van der Waals surface area contributed by atoms with E-state index < -0.39 is 0 Å². The van der Waals surface area contributed by atoms with Crippen LogP contribution in [0, 0.1) is 5.82 Å². The van der Waals surface area contributed by atoms with Gasteiger partial charge in [0.25, 0.3) is 0 Å². The van der Waals surface area contributed by atoms with Crippen molar-refractivity contribution in [3.8, 4) is 5.75 Å². The molecule has 4 nitrogen and oxygen atoms in total. The van der Waals surface area contributed by atoms with E-state index in [1.165, 1.54) is 12.1 Å². The average molecular weight is 239 g/mol. The van der Waals surface area contributed by atoms with Crippen LogP contribution in [0.25, 0.3) is 0 Å². The van der Waals surface area contributed by atoms with Gasteiger partial charge in [-0.25, -0.2) is 4.39 Å². The molecule has 94 valence electrons. The number of halogens is 1. The zero-order valence-corrected chi connectivity index (χ0v) is 9.73. The first-order chi connectivity index (χ1) is 8.25. The summed E-state index contributed by atoms with van der Waals surface area (Å²) in [5.41, 5.74) is 6.03. The van der Waals surface area contributed by atoms with Gasteiger partial charge in [-0.05, 0) is 24.3 Å². The van der Waals surface area contributed by atoms with Gasteiger partial charge in [-0.3, -0.25) is 4.90 Å². The molecule has 3 N–H and O–H groups in total. The Labute approximate surface area is 101 Å². The van der Waals surface area contributed by atoms with Gasteiger partial charge in [0.15, 0.2) is 0 Å². The molecule has 1 aliphatic rings. The number of nitrogens with two attached hydrogens (primary N) is 1. The molecule has 1 heterocycles. The summed E-state index contributed by atoms with van der Waals surface area (Å²) in [5.74, 6) is 0.390. The van der Waals surface area contributed by atoms with Gasteiger partial charge in [-0.2, -0.15) is 0 Å². The van der Waals surface area contributed by atoms with Crippen LogP contribution in [-0.2, 0) is 0 Å². The highest BCUT2D eigenvalue weighted by atomic mass is 19.1. The van der Waals surface area contributed by atoms with Crippen molar-refractivity contribution in [1.82, 2.24) is 10.2 Å². The first kappa shape index (κ1) is 12.3. The zero-order valence-electron chi connectivity index (χ0n) is 9.73. The summed E-state index contributed by atoms with van der Waals surface area (Å²) in [7, 11) is 0. The topological polar surface area (TPSA) is 50.5 Å². The second kappa shape index (κ2) is 5.95. The van der Waals surface area contributed by atoms with Gasteiger partial charge in [0.2, 0.25) is 0 Å². The van der Waals surface area contributed by atoms with E-state index in [4.69, 9.17) is 10.5 Å². The highest BCUT2D eigenvalue weighted by Gasteiger charge is 2.16. The van der Waals surface area contributed by atoms with Gasteiger partial charge in [0.05, 0.1) is 6.17 Å². The van der Waals surface area contributed by atoms with Crippen LogP contribution >= 0.6 is 0 Å². The summed E-state index contributed by atoms with van der Waals surface area (Å²) in [4.78, 5) is 2.18. The number of hydrogen-bond acceptors (Lipinski definition) is 4. The van der Waals surface area contributed by atoms with Crippen molar-refractivity contribution in [2.75, 3.05) is 32.8 Å². The molecule has 1 fully saturated rings. The van der Waals surface area contributed by atoms with Crippen molar-refractivity contribution in [3.63, 3.8) is 0 Å². The van der Waals surface area contributed by atoms with Crippen molar-refractivity contribution >= 4 is 0 Å². The molecule has 0 bridgehead atoms. The fourth-order valence-corrected chi connectivity index (χ4v) is 1.83. The summed E-state index contributed by atoms with van der Waals surface area (Å²) in [5, 5.41) is 3.27. The lowest BCUT2D eigenvalue weighted by molar-refractivity contribution is 0.124. The van der Waals surface area contributed by atoms with E-state index in [9.17, 15) is 4.39 Å². The van der Waals surface area contributed by atoms with E-state index in [0.717, 1.165) is 26.2 Å². The first-order valence-electron chi connectivity index (χ1n) is 5.84. The molecule has 1 saturated heterocycles. The molecule has 0 amide bonds. The van der Waals surface area contributed by atoms with Crippen LogP contribution in [-0.4, -0.2) is 43.9 Å². The molecule has 5 heteroatoms. The number of nitrogens with one attached hydrogen (secondary N) is 1. The highest BCUT2D eigenvalue weighted by molar-refractivity contribution is 5.22. The molecule has 1 aromatic rings. The van der Waals surface area contributed by atoms with E-state index in [0.29, 0.717) is 12.4 Å². The number of ether oxygens (including phenoxy) is 1. The van der Waals surface area contributed by atoms with Crippen molar-refractivity contribution < 1.29 is 9.13 Å². The predicted octanol–water partition coefficient (Wildman–Crippen LogP) is 0.395. The molecule has 1 unspecified atom stereocenters. The average Bonchev–Trinajstić information content (AvgIpc) is 2.39. The van der Waals surface area contributed by atoms with Crippen molar-refractivity contribution in [2.24, 2.45) is 5.73 Å². The van der Waals surface area contributed by atoms with Gasteiger partial charge < -0.3 is 15.8 Å². The maximum absolute atomic E-state index is 12.7. The Morgan fingerprint density at radius 2 is 1.94 bits per heavy atom. The van der Waals surface area contributed by atoms with Crippen LogP contribution in [0.3, 0.4) is 0 Å². The maximum atomic E-state index is 12.7. The monoisotopic (exact) mass is 239 g/mol. The van der Waals surface area contributed by atoms with Crippen LogP contribution in [0.15, 0.2) is 24.3 Å². The standard InChI is InChI=1S/C12H18FN3O/c13-10-1-3-11(4-2-10)17-9-12(14)16-7-5-15-6-8-16/h1-4,12,15H,5-9,14H2. The molecule has 0 aliphatic carbocycles. The molecule has 1 aromatic carbocycles. The molecule has 2 rings (SSSR count). The summed E-state index contributed by atoms with van der Waals surface area (Å²) >= 11 is 0. The summed E-state index contributed by atoms with van der Waals surface area (Å²) in [6.45, 7) is 4.22. The third-order valence-electron chi connectivity index (χ3n) is 2.86. The zero-order chi connectivity index (χ0) is 12.1. The van der Waals surface area contributed by atoms with E-state index in [1.807, 2.05) is 0 Å². The van der Waals surface area contributed by atoms with Crippen LogP contribution in [0.1, 0.15) is 0 Å². The second-order valence-corrected chi connectivity index (χ2v) is 4.12. The number of nitrogens with zero attached hydrogens (tertiary/aromatic N) is 1. The van der Waals surface area contributed by atoms with Gasteiger partial charge in [-0.15, -0.1) is 0 Å². The molecule has 1 aliphatic heterocycles. The quantitative estimate of drug-likeness (QED) is 0.798. The Bertz CT molecular complexity index is 338. The Morgan fingerprint density at radius 3 is 2.59 bits per heavy atom. The van der Waals surface area contributed by atoms with E-state index >= 15 is 0 Å². The first-order valence-corrected chi connectivity index (χ1v) is 5.84. The van der Waals surface area contributed by atoms with Crippen molar-refractivity contribution in [1.29, 1.82) is 0 Å². The van der Waals surface area contributed by atoms with E-state index in [1.54, 1.807) is 12.1 Å². The normalized spacial score (nSPS) is 18.9. The molecule has 0 radical (unpaired) electrons. The van der Waals surface area contributed by atoms with Crippen LogP contribution < -0.4 is 15.8 Å². The van der Waals surface area contributed by atoms with Gasteiger partial charge in [0.1, 0.15) is 18.2 Å². The van der Waals surface area contributed by atoms with Crippen molar-refractivity contribution in [2.45, 2.75) is 6.17 Å². The SMILES string of the molecule is NC(COc1ccc(F)cc1)N1CCNCC1. The number of piperazine rings is 1. The Balaban J connectivity index is 1.78. The Hall–Kier alpha value is -1.17. The lowest BCUT2D eigenvalue weighted by Crippen LogP contribution is -2.54. The molecule has 0 spiro atoms. The number of hydrogen-bond donors (Lipinski definition) is 2. The van der Waals surface area contributed by atoms with Gasteiger partial charge in [-0.1, -0.05) is 0 Å². The van der Waals surface area contributed by atoms with Crippen LogP contribution in [0.4, 0.5) is 4.39 Å². The second-order valence-electron chi connectivity index (χ2n) is 4.12. The summed E-state index contributed by atoms with van der Waals surface area (Å²) in [6, 6.07) is 5.98. The highest BCUT2D eigenvalue weighted by Crippen LogP contribution is 2.11. The molecule has 17 heavy (non-hydrogen) atoms. The number of benzene rings is 1. The fraction of sp³-hybridized carbons (Fsp3) is 0.500. The largest absolute Gasteiger partial charge is 0.491 e. The minimum atomic E-state index is -0.260. The Morgan fingerprint density at radius 1 is 1.29 bits per heavy atom. The van der Waals surface area contributed by atoms with E-state index in [2.05, 4.69) is 10.2 Å². The van der Waals surface area contributed by atoms with E-state index in [-0.39, 0.29) is 12.0 Å². The van der Waals surface area contributed by atoms with Crippen LogP contribution in [0.2, 0.25) is 0 Å². The van der Waals surface area contributed by atoms with Gasteiger partial charge in [0, 0.05) is 26.2 Å². The minimum Gasteiger partial charge on any atom is -0.491 e. The smallest absolute Gasteiger partial charge is 0.123 e. The third-order valence-corrected chi connectivity index (χ3v) is 2.86. The van der Waals surface area contributed by atoms with Crippen LogP contribution in [0.5, 0.6) is 5.75 Å². The molecule has 0 saturated carbocycles. The molecular formula is C12H18FN3O. The predicted molar refractivity (Wildman–Crippen MR) is 64.3 cm³/mol. The molecule has 0 aromatic heterocycles. The minimum absolute atomic E-state index is 0.109. The third kappa shape index (κ3) is 3.66. The Kier molecular flexibility index (Phi) is 4.30. The fourth-order valence-electron chi connectivity index (χ4n) is 1.83. The summed E-state index contributed by atoms with van der Waals surface area (Å²) in [6.07, 6.45) is -0.109.